The standard InChI is InChI=1S/C10H16N2O2/c1-2-7-3-4-8(12-6-7)5-9(11)10(13)14/h3-4,6,9-10,13-14H,2,5,11H2,1H3/t9-/m0/s1. The van der Waals surface area contributed by atoms with Crippen LogP contribution in [0.5, 0.6) is 0 Å². The van der Waals surface area contributed by atoms with E-state index in [2.05, 4.69) is 11.9 Å². The molecule has 1 heterocycles. The number of aromatic nitrogens is 1. The SMILES string of the molecule is CCc1ccc(C[C@H](N)C(O)O)nc1. The van der Waals surface area contributed by atoms with Crippen LogP contribution in [0.25, 0.3) is 0 Å². The van der Waals surface area contributed by atoms with Gasteiger partial charge in [-0.25, -0.2) is 0 Å². The molecular weight excluding hydrogens is 180 g/mol. The fourth-order valence-electron chi connectivity index (χ4n) is 1.13. The Labute approximate surface area is 83.4 Å². The van der Waals surface area contributed by atoms with Crippen molar-refractivity contribution in [3.8, 4) is 0 Å². The first-order valence-electron chi connectivity index (χ1n) is 4.69. The molecule has 14 heavy (non-hydrogen) atoms. The van der Waals surface area contributed by atoms with E-state index < -0.39 is 12.3 Å². The summed E-state index contributed by atoms with van der Waals surface area (Å²) in [5.74, 6) is 0. The summed E-state index contributed by atoms with van der Waals surface area (Å²) in [6, 6.07) is 3.16. The Morgan fingerprint density at radius 1 is 1.43 bits per heavy atom. The average molecular weight is 196 g/mol. The third-order valence-electron chi connectivity index (χ3n) is 2.12. The van der Waals surface area contributed by atoms with E-state index in [1.807, 2.05) is 12.1 Å². The first kappa shape index (κ1) is 11.1. The van der Waals surface area contributed by atoms with Gasteiger partial charge in [0.15, 0.2) is 6.29 Å². The lowest BCUT2D eigenvalue weighted by molar-refractivity contribution is -0.0579. The molecule has 1 rings (SSSR count). The van der Waals surface area contributed by atoms with Crippen LogP contribution in [0.3, 0.4) is 0 Å². The van der Waals surface area contributed by atoms with E-state index in [-0.39, 0.29) is 0 Å². The molecule has 4 N–H and O–H groups in total. The molecule has 4 nitrogen and oxygen atoms in total. The highest BCUT2D eigenvalue weighted by molar-refractivity contribution is 5.14. The van der Waals surface area contributed by atoms with Crippen molar-refractivity contribution in [3.63, 3.8) is 0 Å². The van der Waals surface area contributed by atoms with Gasteiger partial charge in [0, 0.05) is 18.3 Å². The Morgan fingerprint density at radius 2 is 2.14 bits per heavy atom. The average Bonchev–Trinajstić information content (AvgIpc) is 2.19. The van der Waals surface area contributed by atoms with Crippen LogP contribution in [0.15, 0.2) is 18.3 Å². The van der Waals surface area contributed by atoms with E-state index in [0.717, 1.165) is 17.7 Å². The predicted molar refractivity (Wildman–Crippen MR) is 53.5 cm³/mol. The number of aliphatic hydroxyl groups is 2. The molecule has 4 heteroatoms. The van der Waals surface area contributed by atoms with Gasteiger partial charge in [0.1, 0.15) is 0 Å². The van der Waals surface area contributed by atoms with Crippen molar-refractivity contribution in [2.75, 3.05) is 0 Å². The topological polar surface area (TPSA) is 79.4 Å². The maximum atomic E-state index is 8.79. The number of pyridine rings is 1. The quantitative estimate of drug-likeness (QED) is 0.584. The maximum absolute atomic E-state index is 8.79. The van der Waals surface area contributed by atoms with Crippen molar-refractivity contribution in [2.45, 2.75) is 32.1 Å². The van der Waals surface area contributed by atoms with Gasteiger partial charge in [0.05, 0.1) is 6.04 Å². The Hall–Kier alpha value is -0.970. The Balaban J connectivity index is 2.59. The molecule has 0 aromatic carbocycles. The third-order valence-corrected chi connectivity index (χ3v) is 2.12. The van der Waals surface area contributed by atoms with Crippen LogP contribution in [-0.4, -0.2) is 27.5 Å². The minimum atomic E-state index is -1.48. The van der Waals surface area contributed by atoms with Crippen LogP contribution in [-0.2, 0) is 12.8 Å². The van der Waals surface area contributed by atoms with Crippen LogP contribution in [0.4, 0.5) is 0 Å². The lowest BCUT2D eigenvalue weighted by Crippen LogP contribution is -2.36. The molecular formula is C10H16N2O2. The number of nitrogens with two attached hydrogens (primary N) is 1. The molecule has 1 atom stereocenters. The van der Waals surface area contributed by atoms with E-state index in [1.54, 1.807) is 6.20 Å². The molecule has 0 amide bonds. The van der Waals surface area contributed by atoms with Crippen molar-refractivity contribution in [2.24, 2.45) is 5.73 Å². The van der Waals surface area contributed by atoms with Gasteiger partial charge in [-0.3, -0.25) is 4.98 Å². The van der Waals surface area contributed by atoms with Gasteiger partial charge in [-0.2, -0.15) is 0 Å². The highest BCUT2D eigenvalue weighted by Crippen LogP contribution is 2.04. The highest BCUT2D eigenvalue weighted by atomic mass is 16.5. The minimum Gasteiger partial charge on any atom is -0.367 e. The van der Waals surface area contributed by atoms with Gasteiger partial charge in [0.2, 0.25) is 0 Å². The van der Waals surface area contributed by atoms with Gasteiger partial charge >= 0.3 is 0 Å². The van der Waals surface area contributed by atoms with E-state index in [0.29, 0.717) is 6.42 Å². The lowest BCUT2D eigenvalue weighted by atomic mass is 10.1. The molecule has 0 fully saturated rings. The smallest absolute Gasteiger partial charge is 0.167 e. The van der Waals surface area contributed by atoms with Crippen LogP contribution in [0.2, 0.25) is 0 Å². The zero-order valence-corrected chi connectivity index (χ0v) is 8.22. The monoisotopic (exact) mass is 196 g/mol. The second-order valence-corrected chi connectivity index (χ2v) is 3.29. The van der Waals surface area contributed by atoms with Crippen LogP contribution < -0.4 is 5.73 Å². The van der Waals surface area contributed by atoms with Crippen molar-refractivity contribution >= 4 is 0 Å². The molecule has 0 unspecified atom stereocenters. The molecule has 0 saturated heterocycles. The van der Waals surface area contributed by atoms with Crippen LogP contribution in [0, 0.1) is 0 Å². The molecule has 0 aliphatic carbocycles. The van der Waals surface area contributed by atoms with Gasteiger partial charge < -0.3 is 15.9 Å². The summed E-state index contributed by atoms with van der Waals surface area (Å²) >= 11 is 0. The summed E-state index contributed by atoms with van der Waals surface area (Å²) in [5, 5.41) is 17.6. The molecule has 78 valence electrons. The number of hydrogen-bond donors (Lipinski definition) is 3. The maximum Gasteiger partial charge on any atom is 0.167 e. The number of rotatable bonds is 4. The molecule has 0 spiro atoms. The first-order valence-corrected chi connectivity index (χ1v) is 4.69. The molecule has 1 aromatic rings. The largest absolute Gasteiger partial charge is 0.367 e. The molecule has 0 aliphatic rings. The van der Waals surface area contributed by atoms with Crippen molar-refractivity contribution in [3.05, 3.63) is 29.6 Å². The first-order chi connectivity index (χ1) is 6.63. The zero-order chi connectivity index (χ0) is 10.6. The van der Waals surface area contributed by atoms with Gasteiger partial charge in [-0.05, 0) is 18.1 Å². The Morgan fingerprint density at radius 3 is 2.57 bits per heavy atom. The van der Waals surface area contributed by atoms with E-state index in [9.17, 15) is 0 Å². The fourth-order valence-corrected chi connectivity index (χ4v) is 1.13. The van der Waals surface area contributed by atoms with Crippen molar-refractivity contribution in [1.29, 1.82) is 0 Å². The summed E-state index contributed by atoms with van der Waals surface area (Å²) in [7, 11) is 0. The predicted octanol–water partition coefficient (Wildman–Crippen LogP) is -0.175. The fraction of sp³-hybridized carbons (Fsp3) is 0.500. The number of hydrogen-bond acceptors (Lipinski definition) is 4. The van der Waals surface area contributed by atoms with Crippen molar-refractivity contribution < 1.29 is 10.2 Å². The normalized spacial score (nSPS) is 13.2. The minimum absolute atomic E-state index is 0.377. The van der Waals surface area contributed by atoms with E-state index >= 15 is 0 Å². The summed E-state index contributed by atoms with van der Waals surface area (Å²) in [5.41, 5.74) is 7.42. The molecule has 0 saturated carbocycles. The van der Waals surface area contributed by atoms with Gasteiger partial charge in [-0.1, -0.05) is 13.0 Å². The Kier molecular flexibility index (Phi) is 4.00. The lowest BCUT2D eigenvalue weighted by Gasteiger charge is -2.12. The van der Waals surface area contributed by atoms with Crippen LogP contribution in [0.1, 0.15) is 18.2 Å². The van der Waals surface area contributed by atoms with E-state index in [4.69, 9.17) is 15.9 Å². The summed E-state index contributed by atoms with van der Waals surface area (Å²) < 4.78 is 0. The number of aryl methyl sites for hydroxylation is 1. The van der Waals surface area contributed by atoms with Gasteiger partial charge in [-0.15, -0.1) is 0 Å². The van der Waals surface area contributed by atoms with Gasteiger partial charge in [0.25, 0.3) is 0 Å². The number of aliphatic hydroxyl groups excluding tert-OH is 1. The molecule has 0 bridgehead atoms. The second-order valence-electron chi connectivity index (χ2n) is 3.29. The molecule has 1 aromatic heterocycles. The highest BCUT2D eigenvalue weighted by Gasteiger charge is 2.11. The van der Waals surface area contributed by atoms with Crippen LogP contribution >= 0.6 is 0 Å². The zero-order valence-electron chi connectivity index (χ0n) is 8.22. The summed E-state index contributed by atoms with van der Waals surface area (Å²) in [4.78, 5) is 4.17. The number of nitrogens with zero attached hydrogens (tertiary/aromatic N) is 1. The molecule has 0 aliphatic heterocycles. The second kappa shape index (κ2) is 5.05. The summed E-state index contributed by atoms with van der Waals surface area (Å²) in [6.07, 6.45) is 1.62. The van der Waals surface area contributed by atoms with Crippen molar-refractivity contribution in [1.82, 2.24) is 4.98 Å². The van der Waals surface area contributed by atoms with E-state index in [1.165, 1.54) is 0 Å². The summed E-state index contributed by atoms with van der Waals surface area (Å²) in [6.45, 7) is 2.06. The Bertz CT molecular complexity index is 272. The molecule has 0 radical (unpaired) electrons. The third kappa shape index (κ3) is 3.06.